The minimum atomic E-state index is -0.225. The van der Waals surface area contributed by atoms with E-state index in [2.05, 4.69) is 17.3 Å². The van der Waals surface area contributed by atoms with Crippen molar-refractivity contribution in [3.05, 3.63) is 46.8 Å². The number of rotatable bonds is 7. The second-order valence-corrected chi connectivity index (χ2v) is 7.28. The molecule has 2 aromatic rings. The molecular weight excluding hydrogens is 342 g/mol. The quantitative estimate of drug-likeness (QED) is 0.761. The van der Waals surface area contributed by atoms with Crippen LogP contribution in [-0.2, 0) is 16.0 Å². The first-order chi connectivity index (χ1) is 12.9. The lowest BCUT2D eigenvalue weighted by Gasteiger charge is -2.13. The first-order valence-electron chi connectivity index (χ1n) is 9.44. The molecule has 3 rings (SSSR count). The van der Waals surface area contributed by atoms with Gasteiger partial charge >= 0.3 is 5.97 Å². The number of benzene rings is 1. The van der Waals surface area contributed by atoms with Crippen molar-refractivity contribution in [3.8, 4) is 5.69 Å². The van der Waals surface area contributed by atoms with Crippen molar-refractivity contribution < 1.29 is 14.3 Å². The second-order valence-electron chi connectivity index (χ2n) is 7.28. The molecule has 1 atom stereocenters. The van der Waals surface area contributed by atoms with Gasteiger partial charge in [-0.05, 0) is 75.8 Å². The highest BCUT2D eigenvalue weighted by Crippen LogP contribution is 2.32. The maximum atomic E-state index is 12.4. The van der Waals surface area contributed by atoms with Gasteiger partial charge in [-0.15, -0.1) is 0 Å². The monoisotopic (exact) mass is 369 g/mol. The van der Waals surface area contributed by atoms with E-state index in [1.807, 2.05) is 42.8 Å². The van der Waals surface area contributed by atoms with Crippen LogP contribution in [0.1, 0.15) is 53.5 Å². The predicted octanol–water partition coefficient (Wildman–Crippen LogP) is 3.12. The summed E-state index contributed by atoms with van der Waals surface area (Å²) in [4.78, 5) is 23.8. The highest BCUT2D eigenvalue weighted by molar-refractivity contribution is 5.94. The number of carbonyl (C=O) groups excluding carboxylic acids is 2. The Morgan fingerprint density at radius 3 is 2.52 bits per heavy atom. The molecule has 0 radical (unpaired) electrons. The molecule has 27 heavy (non-hydrogen) atoms. The minimum absolute atomic E-state index is 0.0342. The molecule has 1 N–H and O–H groups in total. The summed E-state index contributed by atoms with van der Waals surface area (Å²) < 4.78 is 6.58. The molecule has 1 aromatic heterocycles. The Bertz CT molecular complexity index is 835. The summed E-state index contributed by atoms with van der Waals surface area (Å²) in [6, 6.07) is 7.69. The van der Waals surface area contributed by atoms with E-state index in [1.165, 1.54) is 20.0 Å². The van der Waals surface area contributed by atoms with Crippen molar-refractivity contribution in [2.75, 3.05) is 7.11 Å². The molecule has 0 spiro atoms. The Hall–Kier alpha value is -2.63. The van der Waals surface area contributed by atoms with Crippen LogP contribution in [0.25, 0.3) is 5.69 Å². The van der Waals surface area contributed by atoms with E-state index in [0.29, 0.717) is 24.3 Å². The number of aryl methyl sites for hydroxylation is 1. The lowest BCUT2D eigenvalue weighted by Crippen LogP contribution is -2.33. The summed E-state index contributed by atoms with van der Waals surface area (Å²) in [7, 11) is 1.40. The molecule has 1 aromatic carbocycles. The van der Waals surface area contributed by atoms with Crippen LogP contribution in [0.2, 0.25) is 0 Å². The average Bonchev–Trinajstić information content (AvgIpc) is 3.47. The van der Waals surface area contributed by atoms with E-state index in [4.69, 9.17) is 4.74 Å². The first-order valence-corrected chi connectivity index (χ1v) is 9.44. The van der Waals surface area contributed by atoms with Crippen molar-refractivity contribution in [2.24, 2.45) is 5.92 Å². The van der Waals surface area contributed by atoms with Crippen LogP contribution in [0.4, 0.5) is 0 Å². The largest absolute Gasteiger partial charge is 0.469 e. The molecule has 6 heteroatoms. The SMILES string of the molecule is COC(=O)CCc1c(C)nn(-c2ccc(C(=O)NC(C)C3CC3)cc2)c1C. The van der Waals surface area contributed by atoms with E-state index < -0.39 is 0 Å². The van der Waals surface area contributed by atoms with Gasteiger partial charge in [0.25, 0.3) is 5.91 Å². The lowest BCUT2D eigenvalue weighted by molar-refractivity contribution is -0.140. The number of esters is 1. The Labute approximate surface area is 159 Å². The summed E-state index contributed by atoms with van der Waals surface area (Å²) >= 11 is 0. The molecule has 1 heterocycles. The van der Waals surface area contributed by atoms with E-state index in [9.17, 15) is 9.59 Å². The molecule has 0 saturated heterocycles. The van der Waals surface area contributed by atoms with Crippen LogP contribution in [-0.4, -0.2) is 34.8 Å². The van der Waals surface area contributed by atoms with Crippen molar-refractivity contribution in [2.45, 2.75) is 52.5 Å². The lowest BCUT2D eigenvalue weighted by atomic mass is 10.1. The molecule has 6 nitrogen and oxygen atoms in total. The Morgan fingerprint density at radius 2 is 1.93 bits per heavy atom. The van der Waals surface area contributed by atoms with Crippen molar-refractivity contribution in [1.29, 1.82) is 0 Å². The van der Waals surface area contributed by atoms with Crippen LogP contribution in [0.5, 0.6) is 0 Å². The van der Waals surface area contributed by atoms with E-state index in [0.717, 1.165) is 22.6 Å². The van der Waals surface area contributed by atoms with E-state index in [1.54, 1.807) is 0 Å². The molecule has 1 unspecified atom stereocenters. The molecule has 1 amide bonds. The summed E-state index contributed by atoms with van der Waals surface area (Å²) in [5, 5.41) is 7.67. The molecule has 1 fully saturated rings. The minimum Gasteiger partial charge on any atom is -0.469 e. The first kappa shape index (κ1) is 19.1. The maximum absolute atomic E-state index is 12.4. The van der Waals surface area contributed by atoms with E-state index >= 15 is 0 Å². The summed E-state index contributed by atoms with van der Waals surface area (Å²) in [5.41, 5.74) is 4.50. The number of aromatic nitrogens is 2. The van der Waals surface area contributed by atoms with Gasteiger partial charge < -0.3 is 10.1 Å². The highest BCUT2D eigenvalue weighted by atomic mass is 16.5. The van der Waals surface area contributed by atoms with Gasteiger partial charge in [-0.1, -0.05) is 0 Å². The van der Waals surface area contributed by atoms with Gasteiger partial charge in [-0.2, -0.15) is 5.10 Å². The molecule has 1 saturated carbocycles. The number of hydrogen-bond donors (Lipinski definition) is 1. The second kappa shape index (κ2) is 7.94. The third kappa shape index (κ3) is 4.38. The number of amides is 1. The molecule has 0 bridgehead atoms. The Morgan fingerprint density at radius 1 is 1.26 bits per heavy atom. The summed E-state index contributed by atoms with van der Waals surface area (Å²) in [6.45, 7) is 6.00. The number of methoxy groups -OCH3 is 1. The van der Waals surface area contributed by atoms with Crippen molar-refractivity contribution >= 4 is 11.9 Å². The van der Waals surface area contributed by atoms with Gasteiger partial charge in [0.1, 0.15) is 0 Å². The Kier molecular flexibility index (Phi) is 5.63. The maximum Gasteiger partial charge on any atom is 0.305 e. The molecular formula is C21H27N3O3. The standard InChI is InChI=1S/C21H27N3O3/c1-13(16-5-6-16)22-21(26)17-7-9-18(10-8-17)24-15(3)19(14(2)23-24)11-12-20(25)27-4/h7-10,13,16H,5-6,11-12H2,1-4H3,(H,22,26). The number of nitrogens with zero attached hydrogens (tertiary/aromatic N) is 2. The molecule has 1 aliphatic carbocycles. The number of hydrogen-bond acceptors (Lipinski definition) is 4. The fourth-order valence-corrected chi connectivity index (χ4v) is 3.38. The molecule has 1 aliphatic rings. The predicted molar refractivity (Wildman–Crippen MR) is 103 cm³/mol. The average molecular weight is 369 g/mol. The summed E-state index contributed by atoms with van der Waals surface area (Å²) in [5.74, 6) is 0.372. The summed E-state index contributed by atoms with van der Waals surface area (Å²) in [6.07, 6.45) is 3.35. The fourth-order valence-electron chi connectivity index (χ4n) is 3.38. The van der Waals surface area contributed by atoms with E-state index in [-0.39, 0.29) is 17.9 Å². The number of nitrogens with one attached hydrogen (secondary N) is 1. The van der Waals surface area contributed by atoms with Gasteiger partial charge in [0, 0.05) is 23.7 Å². The zero-order valence-electron chi connectivity index (χ0n) is 16.4. The van der Waals surface area contributed by atoms with Gasteiger partial charge in [0.2, 0.25) is 0 Å². The van der Waals surface area contributed by atoms with Crippen molar-refractivity contribution in [3.63, 3.8) is 0 Å². The van der Waals surface area contributed by atoms with Gasteiger partial charge in [-0.25, -0.2) is 4.68 Å². The van der Waals surface area contributed by atoms with Gasteiger partial charge in [-0.3, -0.25) is 9.59 Å². The zero-order chi connectivity index (χ0) is 19.6. The normalized spacial score (nSPS) is 14.7. The fraction of sp³-hybridized carbons (Fsp3) is 0.476. The smallest absolute Gasteiger partial charge is 0.305 e. The zero-order valence-corrected chi connectivity index (χ0v) is 16.4. The van der Waals surface area contributed by atoms with Gasteiger partial charge in [0.15, 0.2) is 0 Å². The van der Waals surface area contributed by atoms with Gasteiger partial charge in [0.05, 0.1) is 18.5 Å². The molecule has 0 aliphatic heterocycles. The van der Waals surface area contributed by atoms with Crippen LogP contribution in [0.15, 0.2) is 24.3 Å². The topological polar surface area (TPSA) is 73.2 Å². The third-order valence-corrected chi connectivity index (χ3v) is 5.31. The van der Waals surface area contributed by atoms with Crippen molar-refractivity contribution in [1.82, 2.24) is 15.1 Å². The highest BCUT2D eigenvalue weighted by Gasteiger charge is 2.29. The van der Waals surface area contributed by atoms with Crippen LogP contribution in [0.3, 0.4) is 0 Å². The number of ether oxygens (including phenoxy) is 1. The van der Waals surface area contributed by atoms with Crippen LogP contribution < -0.4 is 5.32 Å². The Balaban J connectivity index is 1.73. The van der Waals surface area contributed by atoms with Crippen LogP contribution in [0, 0.1) is 19.8 Å². The van der Waals surface area contributed by atoms with Crippen LogP contribution >= 0.6 is 0 Å². The third-order valence-electron chi connectivity index (χ3n) is 5.31. The molecule has 144 valence electrons. The number of carbonyl (C=O) groups is 2.